The molecule has 116 valence electrons. The third-order valence-corrected chi connectivity index (χ3v) is 5.29. The van der Waals surface area contributed by atoms with E-state index in [0.717, 1.165) is 18.4 Å². The van der Waals surface area contributed by atoms with Gasteiger partial charge in [-0.1, -0.05) is 44.9 Å². The maximum absolute atomic E-state index is 13.4. The van der Waals surface area contributed by atoms with Gasteiger partial charge in [0, 0.05) is 17.8 Å². The van der Waals surface area contributed by atoms with Crippen LogP contribution in [0.25, 0.3) is 0 Å². The van der Waals surface area contributed by atoms with E-state index in [1.165, 1.54) is 63.5 Å². The van der Waals surface area contributed by atoms with Crippen LogP contribution in [-0.2, 0) is 0 Å². The minimum atomic E-state index is -0.498. The van der Waals surface area contributed by atoms with Gasteiger partial charge in [0.05, 0.1) is 0 Å². The fourth-order valence-electron chi connectivity index (χ4n) is 4.32. The lowest BCUT2D eigenvalue weighted by Crippen LogP contribution is -2.37. The van der Waals surface area contributed by atoms with Crippen LogP contribution in [0.3, 0.4) is 0 Å². The molecule has 0 radical (unpaired) electrons. The first kappa shape index (κ1) is 14.8. The Morgan fingerprint density at radius 3 is 2.10 bits per heavy atom. The molecule has 2 aliphatic carbocycles. The molecule has 0 amide bonds. The minimum Gasteiger partial charge on any atom is -0.382 e. The second kappa shape index (κ2) is 6.76. The van der Waals surface area contributed by atoms with Gasteiger partial charge in [0.15, 0.2) is 0 Å². The summed E-state index contributed by atoms with van der Waals surface area (Å²) in [5, 5.41) is 3.43. The Balaban J connectivity index is 1.71. The molecule has 1 nitrogen and oxygen atoms in total. The molecule has 2 atom stereocenters. The molecule has 2 fully saturated rings. The number of hydrogen-bond donors (Lipinski definition) is 1. The van der Waals surface area contributed by atoms with Gasteiger partial charge in [0.1, 0.15) is 11.6 Å². The largest absolute Gasteiger partial charge is 0.382 e. The molecule has 21 heavy (non-hydrogen) atoms. The minimum absolute atomic E-state index is 0.378. The lowest BCUT2D eigenvalue weighted by atomic mass is 9.71. The van der Waals surface area contributed by atoms with Crippen molar-refractivity contribution in [2.75, 3.05) is 5.32 Å². The van der Waals surface area contributed by atoms with Crippen LogP contribution in [0, 0.1) is 23.5 Å². The number of hydrogen-bond acceptors (Lipinski definition) is 1. The fourth-order valence-corrected chi connectivity index (χ4v) is 4.32. The summed E-state index contributed by atoms with van der Waals surface area (Å²) < 4.78 is 26.7. The molecule has 3 heteroatoms. The third kappa shape index (κ3) is 3.75. The molecule has 0 heterocycles. The van der Waals surface area contributed by atoms with E-state index in [1.54, 1.807) is 0 Å². The summed E-state index contributed by atoms with van der Waals surface area (Å²) in [6.45, 7) is 0. The predicted octanol–water partition coefficient (Wildman–Crippen LogP) is 5.52. The lowest BCUT2D eigenvalue weighted by Gasteiger charge is -2.39. The van der Waals surface area contributed by atoms with Crippen LogP contribution in [0.15, 0.2) is 18.2 Å². The molecule has 2 unspecified atom stereocenters. The van der Waals surface area contributed by atoms with Crippen molar-refractivity contribution in [2.24, 2.45) is 11.8 Å². The summed E-state index contributed by atoms with van der Waals surface area (Å²) in [5.74, 6) is 0.477. The summed E-state index contributed by atoms with van der Waals surface area (Å²) in [4.78, 5) is 0. The van der Waals surface area contributed by atoms with Crippen molar-refractivity contribution < 1.29 is 8.78 Å². The van der Waals surface area contributed by atoms with Gasteiger partial charge in [-0.2, -0.15) is 0 Å². The second-order valence-electron chi connectivity index (χ2n) is 6.76. The van der Waals surface area contributed by atoms with E-state index >= 15 is 0 Å². The Morgan fingerprint density at radius 2 is 1.38 bits per heavy atom. The molecule has 3 rings (SSSR count). The molecule has 2 saturated carbocycles. The lowest BCUT2D eigenvalue weighted by molar-refractivity contribution is 0.180. The highest BCUT2D eigenvalue weighted by molar-refractivity contribution is 5.44. The van der Waals surface area contributed by atoms with Crippen molar-refractivity contribution in [3.63, 3.8) is 0 Å². The van der Waals surface area contributed by atoms with E-state index in [4.69, 9.17) is 0 Å². The maximum Gasteiger partial charge on any atom is 0.128 e. The zero-order valence-electron chi connectivity index (χ0n) is 12.6. The first-order valence-electron chi connectivity index (χ1n) is 8.45. The van der Waals surface area contributed by atoms with E-state index in [2.05, 4.69) is 5.32 Å². The topological polar surface area (TPSA) is 12.0 Å². The van der Waals surface area contributed by atoms with Crippen LogP contribution in [0.5, 0.6) is 0 Å². The highest BCUT2D eigenvalue weighted by Gasteiger charge is 2.32. The summed E-state index contributed by atoms with van der Waals surface area (Å²) in [7, 11) is 0. The number of rotatable bonds is 3. The SMILES string of the molecule is Fc1cc(F)cc(NC2CCCCC2C2CCCCC2)c1. The zero-order valence-corrected chi connectivity index (χ0v) is 12.6. The molecule has 0 aromatic heterocycles. The molecule has 0 spiro atoms. The van der Waals surface area contributed by atoms with Crippen LogP contribution in [0.2, 0.25) is 0 Å². The molecule has 2 aliphatic rings. The highest BCUT2D eigenvalue weighted by Crippen LogP contribution is 2.39. The number of nitrogens with one attached hydrogen (secondary N) is 1. The van der Waals surface area contributed by atoms with Crippen molar-refractivity contribution in [2.45, 2.75) is 63.8 Å². The summed E-state index contributed by atoms with van der Waals surface area (Å²) >= 11 is 0. The van der Waals surface area contributed by atoms with Crippen molar-refractivity contribution in [1.82, 2.24) is 0 Å². The van der Waals surface area contributed by atoms with Crippen LogP contribution >= 0.6 is 0 Å². The van der Waals surface area contributed by atoms with Crippen molar-refractivity contribution in [3.8, 4) is 0 Å². The smallest absolute Gasteiger partial charge is 0.128 e. The van der Waals surface area contributed by atoms with Gasteiger partial charge in [-0.15, -0.1) is 0 Å². The summed E-state index contributed by atoms with van der Waals surface area (Å²) in [5.41, 5.74) is 0.597. The van der Waals surface area contributed by atoms with Gasteiger partial charge in [0.2, 0.25) is 0 Å². The zero-order chi connectivity index (χ0) is 14.7. The first-order valence-corrected chi connectivity index (χ1v) is 8.45. The van der Waals surface area contributed by atoms with E-state index in [-0.39, 0.29) is 0 Å². The maximum atomic E-state index is 13.4. The van der Waals surface area contributed by atoms with Crippen LogP contribution in [0.4, 0.5) is 14.5 Å². The van der Waals surface area contributed by atoms with Crippen LogP contribution in [0.1, 0.15) is 57.8 Å². The molecule has 0 aliphatic heterocycles. The van der Waals surface area contributed by atoms with Gasteiger partial charge < -0.3 is 5.32 Å². The van der Waals surface area contributed by atoms with Crippen molar-refractivity contribution in [3.05, 3.63) is 29.8 Å². The van der Waals surface area contributed by atoms with E-state index in [0.29, 0.717) is 17.6 Å². The van der Waals surface area contributed by atoms with Crippen molar-refractivity contribution >= 4 is 5.69 Å². The van der Waals surface area contributed by atoms with Gasteiger partial charge in [0.25, 0.3) is 0 Å². The Morgan fingerprint density at radius 1 is 0.762 bits per heavy atom. The summed E-state index contributed by atoms with van der Waals surface area (Å²) in [6, 6.07) is 4.14. The average Bonchev–Trinajstić information content (AvgIpc) is 2.48. The highest BCUT2D eigenvalue weighted by atomic mass is 19.1. The second-order valence-corrected chi connectivity index (χ2v) is 6.76. The number of benzene rings is 1. The molecular weight excluding hydrogens is 268 g/mol. The van der Waals surface area contributed by atoms with Crippen molar-refractivity contribution in [1.29, 1.82) is 0 Å². The predicted molar refractivity (Wildman–Crippen MR) is 82.3 cm³/mol. The average molecular weight is 293 g/mol. The van der Waals surface area contributed by atoms with Crippen LogP contribution < -0.4 is 5.32 Å². The standard InChI is InChI=1S/C18H25F2N/c19-14-10-15(20)12-16(11-14)21-18-9-5-4-8-17(18)13-6-2-1-3-7-13/h10-13,17-18,21H,1-9H2. The molecule has 0 bridgehead atoms. The molecule has 0 saturated heterocycles. The van der Waals surface area contributed by atoms with Gasteiger partial charge >= 0.3 is 0 Å². The van der Waals surface area contributed by atoms with Gasteiger partial charge in [-0.3, -0.25) is 0 Å². The molecular formula is C18H25F2N. The van der Waals surface area contributed by atoms with E-state index < -0.39 is 11.6 Å². The van der Waals surface area contributed by atoms with E-state index in [1.807, 2.05) is 0 Å². The van der Waals surface area contributed by atoms with Crippen LogP contribution in [-0.4, -0.2) is 6.04 Å². The Kier molecular flexibility index (Phi) is 4.77. The van der Waals surface area contributed by atoms with Gasteiger partial charge in [-0.05, 0) is 36.8 Å². The first-order chi connectivity index (χ1) is 10.2. The third-order valence-electron chi connectivity index (χ3n) is 5.29. The summed E-state index contributed by atoms with van der Waals surface area (Å²) in [6.07, 6.45) is 11.6. The Bertz CT molecular complexity index is 448. The Labute approximate surface area is 126 Å². The molecule has 1 aromatic carbocycles. The monoisotopic (exact) mass is 293 g/mol. The normalized spacial score (nSPS) is 27.5. The number of halogens is 2. The number of anilines is 1. The van der Waals surface area contributed by atoms with E-state index in [9.17, 15) is 8.78 Å². The quantitative estimate of drug-likeness (QED) is 0.774. The molecule has 1 N–H and O–H groups in total. The van der Waals surface area contributed by atoms with Gasteiger partial charge in [-0.25, -0.2) is 8.78 Å². The fraction of sp³-hybridized carbons (Fsp3) is 0.667. The molecule has 1 aromatic rings. The Hall–Kier alpha value is -1.12.